The molecule has 176 valence electrons. The van der Waals surface area contributed by atoms with E-state index >= 15 is 0 Å². The molecule has 0 heterocycles. The first-order valence-electron chi connectivity index (χ1n) is 12.4. The maximum absolute atomic E-state index is 13.1. The van der Waals surface area contributed by atoms with Gasteiger partial charge in [0.2, 0.25) is 0 Å². The van der Waals surface area contributed by atoms with Gasteiger partial charge in [0.25, 0.3) is 0 Å². The van der Waals surface area contributed by atoms with Crippen molar-refractivity contribution in [3.63, 3.8) is 0 Å². The van der Waals surface area contributed by atoms with E-state index in [4.69, 9.17) is 0 Å². The fourth-order valence-corrected chi connectivity index (χ4v) is 8.01. The van der Waals surface area contributed by atoms with E-state index in [1.807, 2.05) is 19.9 Å². The van der Waals surface area contributed by atoms with Crippen molar-refractivity contribution in [3.8, 4) is 0 Å². The highest BCUT2D eigenvalue weighted by Gasteiger charge is 2.61. The van der Waals surface area contributed by atoms with Gasteiger partial charge in [0.1, 0.15) is 0 Å². The second-order valence-corrected chi connectivity index (χ2v) is 12.3. The average molecular weight is 435 g/mol. The summed E-state index contributed by atoms with van der Waals surface area (Å²) in [4.78, 5) is 13.1. The van der Waals surface area contributed by atoms with E-state index in [0.717, 1.165) is 32.1 Å². The van der Waals surface area contributed by atoms with Crippen LogP contribution in [0.3, 0.4) is 0 Å². The van der Waals surface area contributed by atoms with Gasteiger partial charge >= 0.3 is 0 Å². The second kappa shape index (κ2) is 7.93. The van der Waals surface area contributed by atoms with Crippen molar-refractivity contribution in [2.45, 2.75) is 109 Å². The first-order chi connectivity index (χ1) is 14.4. The molecule has 0 amide bonds. The normalized spacial score (nSPS) is 46.1. The minimum absolute atomic E-state index is 0.00719. The molecule has 4 aliphatic carbocycles. The summed E-state index contributed by atoms with van der Waals surface area (Å²) in [5, 5.41) is 41.7. The molecule has 0 bridgehead atoms. The van der Waals surface area contributed by atoms with Crippen molar-refractivity contribution in [3.05, 3.63) is 11.6 Å². The van der Waals surface area contributed by atoms with Gasteiger partial charge < -0.3 is 20.4 Å². The number of aliphatic hydroxyl groups excluding tert-OH is 3. The SMILES string of the molecule is CC(C)(O)CCCC(O)C1CCC2C3=CC(=O)C4CC(O)C(O)CC4(C)C3CCC21C. The fraction of sp³-hybridized carbons (Fsp3) is 0.885. The number of carbonyl (C=O) groups is 1. The second-order valence-electron chi connectivity index (χ2n) is 12.3. The Morgan fingerprint density at radius 2 is 1.74 bits per heavy atom. The summed E-state index contributed by atoms with van der Waals surface area (Å²) in [5.74, 6) is 0.736. The predicted molar refractivity (Wildman–Crippen MR) is 119 cm³/mol. The van der Waals surface area contributed by atoms with Crippen LogP contribution >= 0.6 is 0 Å². The number of hydrogen-bond donors (Lipinski definition) is 4. The lowest BCUT2D eigenvalue weighted by atomic mass is 9.47. The number of allylic oxidation sites excluding steroid dienone is 2. The molecule has 31 heavy (non-hydrogen) atoms. The highest BCUT2D eigenvalue weighted by Crippen LogP contribution is 2.66. The molecule has 4 N–H and O–H groups in total. The highest BCUT2D eigenvalue weighted by atomic mass is 16.3. The smallest absolute Gasteiger partial charge is 0.159 e. The van der Waals surface area contributed by atoms with Crippen molar-refractivity contribution < 1.29 is 25.2 Å². The molecule has 4 aliphatic rings. The van der Waals surface area contributed by atoms with E-state index in [9.17, 15) is 25.2 Å². The minimum Gasteiger partial charge on any atom is -0.393 e. The maximum Gasteiger partial charge on any atom is 0.159 e. The molecule has 3 saturated carbocycles. The quantitative estimate of drug-likeness (QED) is 0.532. The Morgan fingerprint density at radius 3 is 2.42 bits per heavy atom. The predicted octanol–water partition coefficient (Wildman–Crippen LogP) is 3.38. The van der Waals surface area contributed by atoms with E-state index < -0.39 is 17.8 Å². The van der Waals surface area contributed by atoms with Gasteiger partial charge in [-0.1, -0.05) is 19.4 Å². The lowest BCUT2D eigenvalue weighted by Crippen LogP contribution is -2.56. The van der Waals surface area contributed by atoms with Gasteiger partial charge in [0.05, 0.1) is 23.9 Å². The molecule has 0 aliphatic heterocycles. The number of hydrogen-bond acceptors (Lipinski definition) is 5. The van der Waals surface area contributed by atoms with E-state index in [1.54, 1.807) is 0 Å². The molecule has 5 nitrogen and oxygen atoms in total. The van der Waals surface area contributed by atoms with Crippen LogP contribution in [0.5, 0.6) is 0 Å². The standard InChI is InChI=1S/C26H42O5/c1-24(2,31)10-5-6-20(27)18-8-7-16-15-12-21(28)19-13-22(29)23(30)14-26(19,4)17(15)9-11-25(16,18)3/h12,16-20,22-23,27,29-31H,5-11,13-14H2,1-4H3. The molecule has 0 aromatic heterocycles. The molecule has 9 atom stereocenters. The summed E-state index contributed by atoms with van der Waals surface area (Å²) in [6.45, 7) is 8.09. The molecule has 0 aromatic carbocycles. The Labute approximate surface area is 186 Å². The van der Waals surface area contributed by atoms with Crippen LogP contribution in [-0.4, -0.2) is 50.1 Å². The Hall–Kier alpha value is -0.750. The Kier molecular flexibility index (Phi) is 5.99. The van der Waals surface area contributed by atoms with Crippen LogP contribution in [0.4, 0.5) is 0 Å². The van der Waals surface area contributed by atoms with E-state index in [2.05, 4.69) is 13.8 Å². The van der Waals surface area contributed by atoms with Gasteiger partial charge in [0.15, 0.2) is 5.78 Å². The largest absolute Gasteiger partial charge is 0.393 e. The van der Waals surface area contributed by atoms with E-state index in [-0.39, 0.29) is 40.5 Å². The molecule has 0 aromatic rings. The van der Waals surface area contributed by atoms with Crippen molar-refractivity contribution in [2.24, 2.45) is 34.5 Å². The summed E-state index contributed by atoms with van der Waals surface area (Å²) < 4.78 is 0. The van der Waals surface area contributed by atoms with Gasteiger partial charge in [-0.2, -0.15) is 0 Å². The van der Waals surface area contributed by atoms with Crippen molar-refractivity contribution >= 4 is 5.78 Å². The van der Waals surface area contributed by atoms with Crippen molar-refractivity contribution in [2.75, 3.05) is 0 Å². The molecule has 9 unspecified atom stereocenters. The molecule has 5 heteroatoms. The van der Waals surface area contributed by atoms with Gasteiger partial charge in [-0.3, -0.25) is 4.79 Å². The summed E-state index contributed by atoms with van der Waals surface area (Å²) in [6, 6.07) is 0. The minimum atomic E-state index is -0.805. The Balaban J connectivity index is 1.54. The lowest BCUT2D eigenvalue weighted by molar-refractivity contribution is -0.143. The first-order valence-corrected chi connectivity index (χ1v) is 12.4. The monoisotopic (exact) mass is 434 g/mol. The Bertz CT molecular complexity index is 739. The van der Waals surface area contributed by atoms with Crippen LogP contribution in [-0.2, 0) is 4.79 Å². The topological polar surface area (TPSA) is 98.0 Å². The zero-order chi connectivity index (χ0) is 22.8. The van der Waals surface area contributed by atoms with Crippen LogP contribution in [0, 0.1) is 34.5 Å². The third kappa shape index (κ3) is 3.94. The summed E-state index contributed by atoms with van der Waals surface area (Å²) in [7, 11) is 0. The van der Waals surface area contributed by atoms with Gasteiger partial charge in [-0.15, -0.1) is 0 Å². The number of aliphatic hydroxyl groups is 4. The van der Waals surface area contributed by atoms with Crippen LogP contribution in [0.15, 0.2) is 11.6 Å². The van der Waals surface area contributed by atoms with Crippen LogP contribution in [0.25, 0.3) is 0 Å². The molecule has 4 rings (SSSR count). The van der Waals surface area contributed by atoms with E-state index in [0.29, 0.717) is 31.6 Å². The molecular weight excluding hydrogens is 392 g/mol. The fourth-order valence-electron chi connectivity index (χ4n) is 8.01. The summed E-state index contributed by atoms with van der Waals surface area (Å²) >= 11 is 0. The number of fused-ring (bicyclic) bond motifs is 5. The molecular formula is C26H42O5. The average Bonchev–Trinajstić information content (AvgIpc) is 3.00. The third-order valence-electron chi connectivity index (χ3n) is 9.75. The third-order valence-corrected chi connectivity index (χ3v) is 9.75. The summed E-state index contributed by atoms with van der Waals surface area (Å²) in [5.41, 5.74) is 0.265. The van der Waals surface area contributed by atoms with Crippen LogP contribution in [0.2, 0.25) is 0 Å². The number of ketones is 1. The van der Waals surface area contributed by atoms with Crippen molar-refractivity contribution in [1.29, 1.82) is 0 Å². The first kappa shape index (κ1) is 23.4. The molecule has 3 fully saturated rings. The Morgan fingerprint density at radius 1 is 1.06 bits per heavy atom. The molecule has 0 radical (unpaired) electrons. The maximum atomic E-state index is 13.1. The van der Waals surface area contributed by atoms with Gasteiger partial charge in [-0.05, 0) is 106 Å². The van der Waals surface area contributed by atoms with E-state index in [1.165, 1.54) is 5.57 Å². The molecule has 0 spiro atoms. The van der Waals surface area contributed by atoms with Crippen molar-refractivity contribution in [1.82, 2.24) is 0 Å². The highest BCUT2D eigenvalue weighted by molar-refractivity contribution is 5.94. The number of carbonyl (C=O) groups excluding carboxylic acids is 1. The van der Waals surface area contributed by atoms with Gasteiger partial charge in [-0.25, -0.2) is 0 Å². The van der Waals surface area contributed by atoms with Crippen LogP contribution < -0.4 is 0 Å². The van der Waals surface area contributed by atoms with Crippen LogP contribution in [0.1, 0.15) is 85.5 Å². The lowest BCUT2D eigenvalue weighted by Gasteiger charge is -2.57. The van der Waals surface area contributed by atoms with Gasteiger partial charge in [0, 0.05) is 5.92 Å². The summed E-state index contributed by atoms with van der Waals surface area (Å²) in [6.07, 6.45) is 7.01. The molecule has 0 saturated heterocycles. The zero-order valence-electron chi connectivity index (χ0n) is 19.7. The zero-order valence-corrected chi connectivity index (χ0v) is 19.7. The number of rotatable bonds is 5.